The normalized spacial score (nSPS) is 14.1. The Bertz CT molecular complexity index is 910. The third-order valence-electron chi connectivity index (χ3n) is 3.32. The number of benzene rings is 1. The largest absolute Gasteiger partial charge is 0.417 e. The van der Waals surface area contributed by atoms with Gasteiger partial charge in [0.25, 0.3) is 0 Å². The Hall–Kier alpha value is -2.72. The van der Waals surface area contributed by atoms with Crippen LogP contribution in [0.5, 0.6) is 0 Å². The number of hydrogen-bond acceptors (Lipinski definition) is 4. The molecular weight excluding hydrogens is 341 g/mol. The molecule has 3 rings (SSSR count). The smallest absolute Gasteiger partial charge is 0.258 e. The standard InChI is InChI=1S/C16H8ClF3N4/c17-12-5-11(16(18,19)20)7-22-14(12)15-23-8-13(24-15)10-3-1-2-9(4-10)6-21/h1-5,7H,8H2. The number of aromatic nitrogens is 1. The second kappa shape index (κ2) is 6.06. The van der Waals surface area contributed by atoms with Crippen LogP contribution in [0.1, 0.15) is 22.4 Å². The summed E-state index contributed by atoms with van der Waals surface area (Å²) in [5, 5.41) is 8.76. The van der Waals surface area contributed by atoms with Crippen molar-refractivity contribution in [3.63, 3.8) is 0 Å². The third-order valence-corrected chi connectivity index (χ3v) is 3.61. The Kier molecular flexibility index (Phi) is 4.08. The fourth-order valence-corrected chi connectivity index (χ4v) is 2.41. The maximum atomic E-state index is 12.6. The first kappa shape index (κ1) is 16.1. The van der Waals surface area contributed by atoms with Crippen LogP contribution in [0, 0.1) is 11.3 Å². The molecule has 0 spiro atoms. The molecule has 120 valence electrons. The van der Waals surface area contributed by atoms with E-state index in [0.29, 0.717) is 17.5 Å². The third kappa shape index (κ3) is 3.14. The highest BCUT2D eigenvalue weighted by atomic mass is 35.5. The molecule has 2 heterocycles. The Morgan fingerprint density at radius 1 is 1.21 bits per heavy atom. The number of halogens is 4. The first-order valence-electron chi connectivity index (χ1n) is 6.74. The van der Waals surface area contributed by atoms with Crippen molar-refractivity contribution in [1.29, 1.82) is 5.26 Å². The number of rotatable bonds is 2. The summed E-state index contributed by atoms with van der Waals surface area (Å²) in [7, 11) is 0. The second-order valence-electron chi connectivity index (χ2n) is 4.94. The molecule has 0 fully saturated rings. The monoisotopic (exact) mass is 348 g/mol. The number of nitrogens with zero attached hydrogens (tertiary/aromatic N) is 4. The summed E-state index contributed by atoms with van der Waals surface area (Å²) >= 11 is 5.90. The number of aliphatic imine (C=N–C) groups is 2. The quantitative estimate of drug-likeness (QED) is 0.827. The van der Waals surface area contributed by atoms with Crippen molar-refractivity contribution >= 4 is 23.1 Å². The van der Waals surface area contributed by atoms with Gasteiger partial charge in [-0.2, -0.15) is 18.4 Å². The van der Waals surface area contributed by atoms with E-state index in [4.69, 9.17) is 16.9 Å². The van der Waals surface area contributed by atoms with E-state index >= 15 is 0 Å². The van der Waals surface area contributed by atoms with Gasteiger partial charge in [0.05, 0.1) is 34.5 Å². The molecule has 0 atom stereocenters. The number of alkyl halides is 3. The topological polar surface area (TPSA) is 61.4 Å². The van der Waals surface area contributed by atoms with Crippen LogP contribution in [-0.4, -0.2) is 23.1 Å². The van der Waals surface area contributed by atoms with E-state index in [1.165, 1.54) is 0 Å². The second-order valence-corrected chi connectivity index (χ2v) is 5.35. The van der Waals surface area contributed by atoms with Gasteiger partial charge in [-0.25, -0.2) is 4.99 Å². The van der Waals surface area contributed by atoms with Crippen LogP contribution >= 0.6 is 11.6 Å². The lowest BCUT2D eigenvalue weighted by atomic mass is 10.1. The van der Waals surface area contributed by atoms with Crippen LogP contribution in [0.3, 0.4) is 0 Å². The van der Waals surface area contributed by atoms with Crippen molar-refractivity contribution in [2.75, 3.05) is 6.54 Å². The summed E-state index contributed by atoms with van der Waals surface area (Å²) in [5.41, 5.74) is 0.960. The van der Waals surface area contributed by atoms with E-state index in [1.807, 2.05) is 6.07 Å². The van der Waals surface area contributed by atoms with Crippen LogP contribution in [0.2, 0.25) is 5.02 Å². The average molecular weight is 349 g/mol. The summed E-state index contributed by atoms with van der Waals surface area (Å²) < 4.78 is 37.9. The van der Waals surface area contributed by atoms with Crippen molar-refractivity contribution in [3.8, 4) is 6.07 Å². The average Bonchev–Trinajstić information content (AvgIpc) is 3.03. The summed E-state index contributed by atoms with van der Waals surface area (Å²) in [4.78, 5) is 12.2. The maximum Gasteiger partial charge on any atom is 0.417 e. The minimum Gasteiger partial charge on any atom is -0.258 e. The van der Waals surface area contributed by atoms with Gasteiger partial charge in [0.1, 0.15) is 5.69 Å². The molecule has 1 aromatic carbocycles. The first-order valence-corrected chi connectivity index (χ1v) is 7.12. The lowest BCUT2D eigenvalue weighted by Gasteiger charge is -2.08. The van der Waals surface area contributed by atoms with Gasteiger partial charge in [0, 0.05) is 6.20 Å². The fraction of sp³-hybridized carbons (Fsp3) is 0.125. The molecule has 1 aliphatic rings. The van der Waals surface area contributed by atoms with Gasteiger partial charge in [-0.1, -0.05) is 23.7 Å². The number of pyridine rings is 1. The van der Waals surface area contributed by atoms with E-state index in [9.17, 15) is 13.2 Å². The van der Waals surface area contributed by atoms with E-state index in [1.54, 1.807) is 24.3 Å². The molecule has 1 aromatic heterocycles. The minimum absolute atomic E-state index is 0.0936. The number of hydrogen-bond donors (Lipinski definition) is 0. The first-order chi connectivity index (χ1) is 11.4. The molecule has 24 heavy (non-hydrogen) atoms. The zero-order chi connectivity index (χ0) is 17.3. The van der Waals surface area contributed by atoms with Crippen molar-refractivity contribution in [3.05, 3.63) is 63.9 Å². The zero-order valence-electron chi connectivity index (χ0n) is 12.0. The molecule has 0 saturated carbocycles. The Balaban J connectivity index is 1.92. The van der Waals surface area contributed by atoms with Crippen LogP contribution in [0.4, 0.5) is 13.2 Å². The molecule has 0 bridgehead atoms. The van der Waals surface area contributed by atoms with Gasteiger partial charge in [0.15, 0.2) is 5.84 Å². The van der Waals surface area contributed by atoms with Crippen molar-refractivity contribution in [1.82, 2.24) is 4.98 Å². The van der Waals surface area contributed by atoms with E-state index < -0.39 is 11.7 Å². The van der Waals surface area contributed by atoms with E-state index in [2.05, 4.69) is 15.0 Å². The molecule has 1 aliphatic heterocycles. The summed E-state index contributed by atoms with van der Waals surface area (Å²) in [5.74, 6) is 0.172. The molecule has 8 heteroatoms. The summed E-state index contributed by atoms with van der Waals surface area (Å²) in [6.45, 7) is 0.239. The highest BCUT2D eigenvalue weighted by molar-refractivity contribution is 6.34. The van der Waals surface area contributed by atoms with Crippen molar-refractivity contribution < 1.29 is 13.2 Å². The molecule has 0 N–H and O–H groups in total. The molecule has 0 saturated heterocycles. The van der Waals surface area contributed by atoms with Gasteiger partial charge < -0.3 is 0 Å². The van der Waals surface area contributed by atoms with Gasteiger partial charge in [0.2, 0.25) is 0 Å². The molecule has 2 aromatic rings. The van der Waals surface area contributed by atoms with E-state index in [-0.39, 0.29) is 23.1 Å². The predicted molar refractivity (Wildman–Crippen MR) is 83.3 cm³/mol. The summed E-state index contributed by atoms with van der Waals surface area (Å²) in [6, 6.07) is 9.66. The fourth-order valence-electron chi connectivity index (χ4n) is 2.16. The molecular formula is C16H8ClF3N4. The Labute approximate surface area is 140 Å². The number of amidine groups is 1. The lowest BCUT2D eigenvalue weighted by molar-refractivity contribution is -0.137. The van der Waals surface area contributed by atoms with Crippen LogP contribution in [0.15, 0.2) is 46.5 Å². The van der Waals surface area contributed by atoms with Crippen molar-refractivity contribution in [2.45, 2.75) is 6.18 Å². The molecule has 0 unspecified atom stereocenters. The van der Waals surface area contributed by atoms with Gasteiger partial charge in [-0.15, -0.1) is 0 Å². The van der Waals surface area contributed by atoms with Crippen LogP contribution in [0.25, 0.3) is 0 Å². The van der Waals surface area contributed by atoms with Gasteiger partial charge in [-0.05, 0) is 23.8 Å². The van der Waals surface area contributed by atoms with E-state index in [0.717, 1.165) is 11.6 Å². The summed E-state index contributed by atoms with van der Waals surface area (Å²) in [6.07, 6.45) is -3.81. The zero-order valence-corrected chi connectivity index (χ0v) is 12.7. The predicted octanol–water partition coefficient (Wildman–Crippen LogP) is 3.87. The minimum atomic E-state index is -4.52. The van der Waals surface area contributed by atoms with Gasteiger partial charge in [-0.3, -0.25) is 9.98 Å². The van der Waals surface area contributed by atoms with Gasteiger partial charge >= 0.3 is 6.18 Å². The molecule has 0 radical (unpaired) electrons. The van der Waals surface area contributed by atoms with Crippen LogP contribution in [-0.2, 0) is 6.18 Å². The highest BCUT2D eigenvalue weighted by Crippen LogP contribution is 2.31. The maximum absolute atomic E-state index is 12.6. The Morgan fingerprint density at radius 2 is 2.00 bits per heavy atom. The molecule has 0 amide bonds. The number of nitriles is 1. The SMILES string of the molecule is N#Cc1cccc(C2=NC(c3ncc(C(F)(F)F)cc3Cl)=NC2)c1. The Morgan fingerprint density at radius 3 is 2.67 bits per heavy atom. The van der Waals surface area contributed by atoms with Crippen LogP contribution < -0.4 is 0 Å². The highest BCUT2D eigenvalue weighted by Gasteiger charge is 2.32. The lowest BCUT2D eigenvalue weighted by Crippen LogP contribution is -2.08. The van der Waals surface area contributed by atoms with Crippen molar-refractivity contribution in [2.24, 2.45) is 9.98 Å². The molecule has 0 aliphatic carbocycles. The molecule has 4 nitrogen and oxygen atoms in total.